The van der Waals surface area contributed by atoms with E-state index in [0.29, 0.717) is 11.7 Å². The summed E-state index contributed by atoms with van der Waals surface area (Å²) in [5.41, 5.74) is 9.73. The first kappa shape index (κ1) is 18.0. The van der Waals surface area contributed by atoms with Gasteiger partial charge in [-0.2, -0.15) is 0 Å². The first-order valence-corrected chi connectivity index (χ1v) is 8.66. The van der Waals surface area contributed by atoms with E-state index in [9.17, 15) is 0 Å². The Bertz CT molecular complexity index is 667. The lowest BCUT2D eigenvalue weighted by Crippen LogP contribution is -2.32. The second-order valence-electron chi connectivity index (χ2n) is 6.30. The number of unbranched alkanes of at least 4 members (excludes halogenated alkanes) is 2. The van der Waals surface area contributed by atoms with Gasteiger partial charge in [-0.25, -0.2) is 4.98 Å². The number of aromatic nitrogens is 2. The molecule has 4 heteroatoms. The second-order valence-corrected chi connectivity index (χ2v) is 6.30. The average Bonchev–Trinajstić information content (AvgIpc) is 2.57. The van der Waals surface area contributed by atoms with E-state index in [4.69, 9.17) is 10.7 Å². The summed E-state index contributed by atoms with van der Waals surface area (Å²) >= 11 is 0. The lowest BCUT2D eigenvalue weighted by molar-refractivity contribution is 0.569. The maximum absolute atomic E-state index is 6.24. The maximum atomic E-state index is 6.24. The molecule has 2 aromatic rings. The minimum absolute atomic E-state index is 0.313. The summed E-state index contributed by atoms with van der Waals surface area (Å²) in [6, 6.07) is 8.09. The molecule has 4 nitrogen and oxygen atoms in total. The van der Waals surface area contributed by atoms with Gasteiger partial charge in [0.05, 0.1) is 11.4 Å². The highest BCUT2D eigenvalue weighted by atomic mass is 15.2. The van der Waals surface area contributed by atoms with E-state index in [1.54, 1.807) is 6.20 Å². The van der Waals surface area contributed by atoms with E-state index in [1.165, 1.54) is 19.3 Å². The van der Waals surface area contributed by atoms with Crippen LogP contribution in [-0.4, -0.2) is 16.0 Å². The van der Waals surface area contributed by atoms with Crippen molar-refractivity contribution in [2.75, 3.05) is 10.6 Å². The van der Waals surface area contributed by atoms with Crippen molar-refractivity contribution < 1.29 is 0 Å². The van der Waals surface area contributed by atoms with Crippen LogP contribution in [0.2, 0.25) is 0 Å². The minimum atomic E-state index is 0.313. The molecule has 0 saturated heterocycles. The summed E-state index contributed by atoms with van der Waals surface area (Å²) in [4.78, 5) is 11.1. The Morgan fingerprint density at radius 1 is 1.29 bits per heavy atom. The molecule has 0 aliphatic heterocycles. The Kier molecular flexibility index (Phi) is 6.36. The van der Waals surface area contributed by atoms with Gasteiger partial charge in [0.1, 0.15) is 0 Å². The fourth-order valence-corrected chi connectivity index (χ4v) is 2.91. The van der Waals surface area contributed by atoms with Gasteiger partial charge in [0.25, 0.3) is 0 Å². The summed E-state index contributed by atoms with van der Waals surface area (Å²) in [5.74, 6) is 0.785. The lowest BCUT2D eigenvalue weighted by Gasteiger charge is -2.31. The Hall–Kier alpha value is -2.36. The number of rotatable bonds is 8. The van der Waals surface area contributed by atoms with Crippen LogP contribution in [0.3, 0.4) is 0 Å². The SMILES string of the molecule is C=C(C)N(c1nc(-c2cccnc2)ccc1N)[C@H](C)CCCCC. The molecule has 24 heavy (non-hydrogen) atoms. The molecule has 0 amide bonds. The molecule has 0 aromatic carbocycles. The van der Waals surface area contributed by atoms with Crippen molar-refractivity contribution in [3.05, 3.63) is 48.9 Å². The quantitative estimate of drug-likeness (QED) is 0.692. The van der Waals surface area contributed by atoms with Crippen LogP contribution in [0.25, 0.3) is 11.3 Å². The van der Waals surface area contributed by atoms with Gasteiger partial charge in [-0.15, -0.1) is 0 Å². The molecule has 2 rings (SSSR count). The van der Waals surface area contributed by atoms with Crippen LogP contribution in [0.15, 0.2) is 48.9 Å². The molecule has 0 bridgehead atoms. The molecule has 0 fully saturated rings. The standard InChI is InChI=1S/C20H28N4/c1-5-6-7-9-16(4)24(15(2)3)20-18(21)11-12-19(23-20)17-10-8-13-22-14-17/h8,10-14,16H,2,5-7,9,21H2,1,3-4H3/t16-/m1/s1. The zero-order valence-electron chi connectivity index (χ0n) is 15.0. The summed E-state index contributed by atoms with van der Waals surface area (Å²) in [5, 5.41) is 0. The van der Waals surface area contributed by atoms with Crippen LogP contribution in [0.5, 0.6) is 0 Å². The zero-order chi connectivity index (χ0) is 17.5. The van der Waals surface area contributed by atoms with Crippen LogP contribution in [0.4, 0.5) is 11.5 Å². The number of hydrogen-bond donors (Lipinski definition) is 1. The fourth-order valence-electron chi connectivity index (χ4n) is 2.91. The summed E-state index contributed by atoms with van der Waals surface area (Å²) in [6.07, 6.45) is 8.34. The van der Waals surface area contributed by atoms with E-state index in [2.05, 4.69) is 30.3 Å². The second kappa shape index (κ2) is 8.48. The van der Waals surface area contributed by atoms with Gasteiger partial charge in [-0.1, -0.05) is 32.8 Å². The van der Waals surface area contributed by atoms with Gasteiger partial charge >= 0.3 is 0 Å². The lowest BCUT2D eigenvalue weighted by atomic mass is 10.1. The predicted molar refractivity (Wildman–Crippen MR) is 103 cm³/mol. The maximum Gasteiger partial charge on any atom is 0.156 e. The largest absolute Gasteiger partial charge is 0.396 e. The van der Waals surface area contributed by atoms with Crippen LogP contribution in [-0.2, 0) is 0 Å². The molecule has 2 aromatic heterocycles. The third kappa shape index (κ3) is 4.34. The van der Waals surface area contributed by atoms with E-state index in [1.807, 2.05) is 37.4 Å². The Morgan fingerprint density at radius 3 is 2.71 bits per heavy atom. The third-order valence-electron chi connectivity index (χ3n) is 4.17. The number of hydrogen-bond acceptors (Lipinski definition) is 4. The molecule has 0 saturated carbocycles. The number of nitrogens with two attached hydrogens (primary N) is 1. The molecule has 0 unspecified atom stereocenters. The van der Waals surface area contributed by atoms with Gasteiger partial charge in [0.15, 0.2) is 5.82 Å². The smallest absolute Gasteiger partial charge is 0.156 e. The van der Waals surface area contributed by atoms with Crippen molar-refractivity contribution in [3.63, 3.8) is 0 Å². The normalized spacial score (nSPS) is 12.0. The zero-order valence-corrected chi connectivity index (χ0v) is 15.0. The molecule has 128 valence electrons. The number of allylic oxidation sites excluding steroid dienone is 1. The highest BCUT2D eigenvalue weighted by Gasteiger charge is 2.19. The average molecular weight is 324 g/mol. The monoisotopic (exact) mass is 324 g/mol. The van der Waals surface area contributed by atoms with E-state index >= 15 is 0 Å². The van der Waals surface area contributed by atoms with Crippen molar-refractivity contribution in [3.8, 4) is 11.3 Å². The summed E-state index contributed by atoms with van der Waals surface area (Å²) in [6.45, 7) is 10.6. The van der Waals surface area contributed by atoms with E-state index < -0.39 is 0 Å². The number of nitrogens with zero attached hydrogens (tertiary/aromatic N) is 3. The van der Waals surface area contributed by atoms with Crippen molar-refractivity contribution >= 4 is 11.5 Å². The topological polar surface area (TPSA) is 55.0 Å². The molecule has 2 N–H and O–H groups in total. The molecule has 2 heterocycles. The van der Waals surface area contributed by atoms with Crippen molar-refractivity contribution in [1.29, 1.82) is 0 Å². The Balaban J connectivity index is 2.34. The fraction of sp³-hybridized carbons (Fsp3) is 0.400. The van der Waals surface area contributed by atoms with Crippen molar-refractivity contribution in [1.82, 2.24) is 9.97 Å². The molecule has 0 radical (unpaired) electrons. The van der Waals surface area contributed by atoms with Crippen molar-refractivity contribution in [2.24, 2.45) is 0 Å². The predicted octanol–water partition coefficient (Wildman–Crippen LogP) is 5.03. The van der Waals surface area contributed by atoms with E-state index in [0.717, 1.165) is 29.2 Å². The molecule has 0 aliphatic rings. The number of pyridine rings is 2. The van der Waals surface area contributed by atoms with Gasteiger partial charge in [0.2, 0.25) is 0 Å². The molecule has 0 aliphatic carbocycles. The first-order valence-electron chi connectivity index (χ1n) is 8.66. The van der Waals surface area contributed by atoms with Gasteiger partial charge in [0, 0.05) is 29.7 Å². The van der Waals surface area contributed by atoms with Gasteiger partial charge in [-0.3, -0.25) is 4.98 Å². The molecule has 1 atom stereocenters. The Labute approximate surface area is 145 Å². The highest BCUT2D eigenvalue weighted by Crippen LogP contribution is 2.30. The van der Waals surface area contributed by atoms with Crippen LogP contribution in [0.1, 0.15) is 46.5 Å². The molecular weight excluding hydrogens is 296 g/mol. The summed E-state index contributed by atoms with van der Waals surface area (Å²) in [7, 11) is 0. The van der Waals surface area contributed by atoms with Crippen molar-refractivity contribution in [2.45, 2.75) is 52.5 Å². The highest BCUT2D eigenvalue weighted by molar-refractivity contribution is 5.71. The third-order valence-corrected chi connectivity index (χ3v) is 4.17. The Morgan fingerprint density at radius 2 is 2.08 bits per heavy atom. The van der Waals surface area contributed by atoms with Gasteiger partial charge in [-0.05, 0) is 44.5 Å². The van der Waals surface area contributed by atoms with Crippen LogP contribution < -0.4 is 10.6 Å². The van der Waals surface area contributed by atoms with E-state index in [-0.39, 0.29) is 0 Å². The molecular formula is C20H28N4. The minimum Gasteiger partial charge on any atom is -0.396 e. The van der Waals surface area contributed by atoms with Gasteiger partial charge < -0.3 is 10.6 Å². The van der Waals surface area contributed by atoms with Crippen LogP contribution >= 0.6 is 0 Å². The molecule has 0 spiro atoms. The van der Waals surface area contributed by atoms with Crippen LogP contribution in [0, 0.1) is 0 Å². The number of nitrogen functional groups attached to an aromatic ring is 1. The first-order chi connectivity index (χ1) is 11.5. The summed E-state index contributed by atoms with van der Waals surface area (Å²) < 4.78 is 0. The number of anilines is 2.